The van der Waals surface area contributed by atoms with E-state index in [9.17, 15) is 14.7 Å². The van der Waals surface area contributed by atoms with E-state index in [0.29, 0.717) is 19.3 Å². The fourth-order valence-corrected chi connectivity index (χ4v) is 1.99. The molecule has 0 bridgehead atoms. The highest BCUT2D eigenvalue weighted by molar-refractivity contribution is 5.69. The van der Waals surface area contributed by atoms with Gasteiger partial charge in [-0.3, -0.25) is 14.6 Å². The summed E-state index contributed by atoms with van der Waals surface area (Å²) in [4.78, 5) is 28.4. The zero-order valence-electron chi connectivity index (χ0n) is 10.8. The first-order chi connectivity index (χ1) is 8.95. The summed E-state index contributed by atoms with van der Waals surface area (Å²) < 4.78 is 0. The van der Waals surface area contributed by atoms with Crippen LogP contribution in [-0.4, -0.2) is 26.2 Å². The van der Waals surface area contributed by atoms with Crippen molar-refractivity contribution in [3.8, 4) is 5.88 Å². The van der Waals surface area contributed by atoms with Crippen molar-refractivity contribution in [3.63, 3.8) is 0 Å². The minimum absolute atomic E-state index is 0.138. The number of aromatic amines is 1. The Hall–Kier alpha value is -2.05. The molecule has 1 atom stereocenters. The van der Waals surface area contributed by atoms with Crippen molar-refractivity contribution < 1.29 is 15.0 Å². The van der Waals surface area contributed by atoms with Crippen LogP contribution in [0.3, 0.4) is 0 Å². The summed E-state index contributed by atoms with van der Waals surface area (Å²) in [6, 6.07) is 0. The second-order valence-corrected chi connectivity index (χ2v) is 4.47. The normalized spacial score (nSPS) is 12.3. The Labute approximate surface area is 110 Å². The predicted octanol–water partition coefficient (Wildman–Crippen LogP) is 0.881. The van der Waals surface area contributed by atoms with Crippen LogP contribution in [0.25, 0.3) is 0 Å². The Morgan fingerprint density at radius 1 is 1.47 bits per heavy atom. The number of anilines is 1. The molecule has 0 aliphatic carbocycles. The number of rotatable bonds is 7. The van der Waals surface area contributed by atoms with Crippen molar-refractivity contribution in [2.45, 2.75) is 39.0 Å². The Morgan fingerprint density at radius 3 is 2.68 bits per heavy atom. The van der Waals surface area contributed by atoms with Crippen LogP contribution < -0.4 is 11.3 Å². The standard InChI is InChI=1S/C12H19N3O4/c1-2-4-7(11(18)19)5-3-6-8-9(16)14-12(13)15-10(8)17/h7H,2-6H2,1H3,(H,18,19)(H4,13,14,15,16,17). The maximum atomic E-state index is 11.5. The molecule has 1 rings (SSSR count). The molecule has 1 unspecified atom stereocenters. The molecule has 19 heavy (non-hydrogen) atoms. The molecule has 0 radical (unpaired) electrons. The van der Waals surface area contributed by atoms with Crippen LogP contribution in [0, 0.1) is 5.92 Å². The number of nitrogens with zero attached hydrogens (tertiary/aromatic N) is 1. The molecule has 7 heteroatoms. The number of nitrogen functional groups attached to an aromatic ring is 1. The van der Waals surface area contributed by atoms with Crippen molar-refractivity contribution in [1.29, 1.82) is 0 Å². The number of nitrogens with one attached hydrogen (secondary N) is 1. The van der Waals surface area contributed by atoms with E-state index in [4.69, 9.17) is 10.8 Å². The van der Waals surface area contributed by atoms with E-state index in [2.05, 4.69) is 9.97 Å². The van der Waals surface area contributed by atoms with E-state index in [1.54, 1.807) is 0 Å². The number of aromatic nitrogens is 2. The predicted molar refractivity (Wildman–Crippen MR) is 69.9 cm³/mol. The molecule has 1 heterocycles. The molecule has 0 aromatic carbocycles. The van der Waals surface area contributed by atoms with Gasteiger partial charge >= 0.3 is 5.97 Å². The first kappa shape index (κ1) is 15.0. The van der Waals surface area contributed by atoms with E-state index >= 15 is 0 Å². The fourth-order valence-electron chi connectivity index (χ4n) is 1.99. The molecular formula is C12H19N3O4. The SMILES string of the molecule is CCCC(CCCc1c(O)nc(N)[nH]c1=O)C(=O)O. The second-order valence-electron chi connectivity index (χ2n) is 4.47. The molecule has 0 aliphatic heterocycles. The number of carboxylic acid groups (broad SMARTS) is 1. The van der Waals surface area contributed by atoms with E-state index in [-0.39, 0.29) is 23.8 Å². The number of carbonyl (C=O) groups is 1. The lowest BCUT2D eigenvalue weighted by atomic mass is 9.96. The van der Waals surface area contributed by atoms with Crippen molar-refractivity contribution in [3.05, 3.63) is 15.9 Å². The molecule has 0 amide bonds. The molecular weight excluding hydrogens is 250 g/mol. The van der Waals surface area contributed by atoms with Gasteiger partial charge in [-0.2, -0.15) is 4.98 Å². The van der Waals surface area contributed by atoms with E-state index in [0.717, 1.165) is 6.42 Å². The molecule has 0 spiro atoms. The summed E-state index contributed by atoms with van der Waals surface area (Å²) in [5.74, 6) is -1.76. The fraction of sp³-hybridized carbons (Fsp3) is 0.583. The molecule has 5 N–H and O–H groups in total. The van der Waals surface area contributed by atoms with Crippen LogP contribution >= 0.6 is 0 Å². The number of H-pyrrole nitrogens is 1. The van der Waals surface area contributed by atoms with Crippen LogP contribution in [0.4, 0.5) is 5.95 Å². The Kier molecular flexibility index (Phi) is 5.35. The largest absolute Gasteiger partial charge is 0.493 e. The topological polar surface area (TPSA) is 129 Å². The zero-order valence-corrected chi connectivity index (χ0v) is 10.8. The van der Waals surface area contributed by atoms with Gasteiger partial charge in [0.15, 0.2) is 0 Å². The summed E-state index contributed by atoms with van der Waals surface area (Å²) in [5, 5.41) is 18.5. The lowest BCUT2D eigenvalue weighted by Gasteiger charge is -2.10. The summed E-state index contributed by atoms with van der Waals surface area (Å²) in [7, 11) is 0. The summed E-state index contributed by atoms with van der Waals surface area (Å²) in [6.45, 7) is 1.93. The molecule has 0 fully saturated rings. The number of hydrogen-bond donors (Lipinski definition) is 4. The quantitative estimate of drug-likeness (QED) is 0.581. The highest BCUT2D eigenvalue weighted by Gasteiger charge is 2.17. The summed E-state index contributed by atoms with van der Waals surface area (Å²) in [6.07, 6.45) is 2.65. The minimum atomic E-state index is -0.824. The van der Waals surface area contributed by atoms with Crippen molar-refractivity contribution in [1.82, 2.24) is 9.97 Å². The molecule has 1 aromatic rings. The van der Waals surface area contributed by atoms with Crippen LogP contribution in [0.2, 0.25) is 0 Å². The van der Waals surface area contributed by atoms with E-state index < -0.39 is 17.4 Å². The first-order valence-corrected chi connectivity index (χ1v) is 6.26. The summed E-state index contributed by atoms with van der Waals surface area (Å²) in [5.41, 5.74) is 4.95. The van der Waals surface area contributed by atoms with E-state index in [1.165, 1.54) is 0 Å². The van der Waals surface area contributed by atoms with Gasteiger partial charge in [-0.15, -0.1) is 0 Å². The van der Waals surface area contributed by atoms with Crippen molar-refractivity contribution in [2.75, 3.05) is 5.73 Å². The highest BCUT2D eigenvalue weighted by atomic mass is 16.4. The van der Waals surface area contributed by atoms with Gasteiger partial charge < -0.3 is 15.9 Å². The molecule has 1 aromatic heterocycles. The third kappa shape index (κ3) is 4.27. The highest BCUT2D eigenvalue weighted by Crippen LogP contribution is 2.18. The number of carboxylic acids is 1. The van der Waals surface area contributed by atoms with Crippen LogP contribution in [0.1, 0.15) is 38.2 Å². The zero-order chi connectivity index (χ0) is 14.4. The van der Waals surface area contributed by atoms with Crippen molar-refractivity contribution in [2.24, 2.45) is 5.92 Å². The molecule has 7 nitrogen and oxygen atoms in total. The van der Waals surface area contributed by atoms with Gasteiger partial charge in [-0.25, -0.2) is 0 Å². The average Bonchev–Trinajstić information content (AvgIpc) is 2.30. The van der Waals surface area contributed by atoms with Crippen LogP contribution in [-0.2, 0) is 11.2 Å². The monoisotopic (exact) mass is 269 g/mol. The van der Waals surface area contributed by atoms with Crippen molar-refractivity contribution >= 4 is 11.9 Å². The van der Waals surface area contributed by atoms with Gasteiger partial charge in [-0.05, 0) is 25.7 Å². The lowest BCUT2D eigenvalue weighted by molar-refractivity contribution is -0.142. The third-order valence-corrected chi connectivity index (χ3v) is 2.98. The molecule has 106 valence electrons. The molecule has 0 saturated heterocycles. The van der Waals surface area contributed by atoms with Gasteiger partial charge in [0.1, 0.15) is 0 Å². The maximum absolute atomic E-state index is 11.5. The van der Waals surface area contributed by atoms with Crippen LogP contribution in [0.15, 0.2) is 4.79 Å². The maximum Gasteiger partial charge on any atom is 0.306 e. The number of aromatic hydroxyl groups is 1. The Morgan fingerprint density at radius 2 is 2.16 bits per heavy atom. The first-order valence-electron chi connectivity index (χ1n) is 6.26. The van der Waals surface area contributed by atoms with Crippen LogP contribution in [0.5, 0.6) is 5.88 Å². The number of hydrogen-bond acceptors (Lipinski definition) is 5. The Bertz CT molecular complexity index is 498. The minimum Gasteiger partial charge on any atom is -0.493 e. The van der Waals surface area contributed by atoms with Gasteiger partial charge in [0.05, 0.1) is 11.5 Å². The molecule has 0 aliphatic rings. The van der Waals surface area contributed by atoms with Gasteiger partial charge in [0.25, 0.3) is 5.56 Å². The number of nitrogens with two attached hydrogens (primary N) is 1. The van der Waals surface area contributed by atoms with E-state index in [1.807, 2.05) is 6.92 Å². The lowest BCUT2D eigenvalue weighted by Crippen LogP contribution is -2.18. The smallest absolute Gasteiger partial charge is 0.306 e. The van der Waals surface area contributed by atoms with Gasteiger partial charge in [-0.1, -0.05) is 13.3 Å². The number of aliphatic carboxylic acids is 1. The third-order valence-electron chi connectivity index (χ3n) is 2.98. The average molecular weight is 269 g/mol. The van der Waals surface area contributed by atoms with Gasteiger partial charge in [0.2, 0.25) is 11.8 Å². The van der Waals surface area contributed by atoms with Gasteiger partial charge in [0, 0.05) is 0 Å². The summed E-state index contributed by atoms with van der Waals surface area (Å²) >= 11 is 0. The molecule has 0 saturated carbocycles. The second kappa shape index (κ2) is 6.77. The Balaban J connectivity index is 2.62.